The molecule has 1 aromatic carbocycles. The Morgan fingerprint density at radius 1 is 1.30 bits per heavy atom. The lowest BCUT2D eigenvalue weighted by Gasteiger charge is -2.14. The predicted molar refractivity (Wildman–Crippen MR) is 109 cm³/mol. The lowest BCUT2D eigenvalue weighted by atomic mass is 10.3. The van der Waals surface area contributed by atoms with Crippen molar-refractivity contribution >= 4 is 43.1 Å². The van der Waals surface area contributed by atoms with Gasteiger partial charge in [0.15, 0.2) is 9.84 Å². The normalized spacial score (nSPS) is 12.2. The van der Waals surface area contributed by atoms with Gasteiger partial charge in [-0.2, -0.15) is 5.10 Å². The first-order valence-corrected chi connectivity index (χ1v) is 10.8. The number of hydrogen-bond donors (Lipinski definition) is 2. The number of benzene rings is 1. The number of nitrogens with one attached hydrogen (secondary N) is 2. The maximum atomic E-state index is 11.6. The van der Waals surface area contributed by atoms with Crippen LogP contribution in [0.1, 0.15) is 5.76 Å². The number of halogens is 1. The number of hydrogen-bond acceptors (Lipinski definition) is 6. The highest BCUT2D eigenvalue weighted by Crippen LogP contribution is 2.26. The Hall–Kier alpha value is -2.52. The average molecular weight is 451 g/mol. The molecule has 0 spiro atoms. The first-order chi connectivity index (χ1) is 12.9. The SMILES string of the molecule is CNc1c(Br)cnn1/C(=C\Cc1ccco1)Nc1ccc(S(C)(=O)=O)cc1. The van der Waals surface area contributed by atoms with E-state index in [1.165, 1.54) is 6.26 Å². The van der Waals surface area contributed by atoms with Crippen LogP contribution in [0.3, 0.4) is 0 Å². The number of nitrogens with zero attached hydrogens (tertiary/aromatic N) is 2. The van der Waals surface area contributed by atoms with Gasteiger partial charge >= 0.3 is 0 Å². The van der Waals surface area contributed by atoms with Crippen molar-refractivity contribution in [3.8, 4) is 0 Å². The van der Waals surface area contributed by atoms with Crippen LogP contribution < -0.4 is 10.6 Å². The Morgan fingerprint density at radius 3 is 2.63 bits per heavy atom. The summed E-state index contributed by atoms with van der Waals surface area (Å²) >= 11 is 3.47. The molecule has 0 fully saturated rings. The second-order valence-electron chi connectivity index (χ2n) is 5.80. The Morgan fingerprint density at radius 2 is 2.04 bits per heavy atom. The summed E-state index contributed by atoms with van der Waals surface area (Å²) in [6, 6.07) is 10.3. The number of sulfone groups is 1. The van der Waals surface area contributed by atoms with Crippen LogP contribution in [0.15, 0.2) is 68.7 Å². The highest BCUT2D eigenvalue weighted by Gasteiger charge is 2.13. The van der Waals surface area contributed by atoms with Crippen molar-refractivity contribution in [3.63, 3.8) is 0 Å². The fourth-order valence-corrected chi connectivity index (χ4v) is 3.57. The molecule has 0 saturated carbocycles. The maximum Gasteiger partial charge on any atom is 0.175 e. The van der Waals surface area contributed by atoms with Crippen LogP contribution in [0.2, 0.25) is 0 Å². The van der Waals surface area contributed by atoms with Gasteiger partial charge in [0.05, 0.1) is 21.8 Å². The molecule has 2 N–H and O–H groups in total. The minimum Gasteiger partial charge on any atom is -0.469 e. The van der Waals surface area contributed by atoms with Crippen LogP contribution >= 0.6 is 15.9 Å². The maximum absolute atomic E-state index is 11.6. The molecule has 3 rings (SSSR count). The minimum atomic E-state index is -3.24. The van der Waals surface area contributed by atoms with Gasteiger partial charge in [-0.05, 0) is 58.4 Å². The number of aromatic nitrogens is 2. The molecule has 0 unspecified atom stereocenters. The summed E-state index contributed by atoms with van der Waals surface area (Å²) in [5.41, 5.74) is 0.738. The van der Waals surface area contributed by atoms with Crippen molar-refractivity contribution in [2.45, 2.75) is 11.3 Å². The van der Waals surface area contributed by atoms with Gasteiger partial charge in [-0.25, -0.2) is 13.1 Å². The van der Waals surface area contributed by atoms with E-state index in [1.807, 2.05) is 25.3 Å². The molecular weight excluding hydrogens is 432 g/mol. The van der Waals surface area contributed by atoms with E-state index in [9.17, 15) is 8.42 Å². The molecule has 2 heterocycles. The second-order valence-corrected chi connectivity index (χ2v) is 8.67. The first-order valence-electron chi connectivity index (χ1n) is 8.10. The number of furan rings is 1. The summed E-state index contributed by atoms with van der Waals surface area (Å²) in [5, 5.41) is 10.8. The van der Waals surface area contributed by atoms with Crippen molar-refractivity contribution in [2.75, 3.05) is 23.9 Å². The molecule has 0 amide bonds. The van der Waals surface area contributed by atoms with E-state index in [1.54, 1.807) is 41.4 Å². The van der Waals surface area contributed by atoms with E-state index in [-0.39, 0.29) is 4.90 Å². The van der Waals surface area contributed by atoms with E-state index < -0.39 is 9.84 Å². The highest BCUT2D eigenvalue weighted by atomic mass is 79.9. The third kappa shape index (κ3) is 4.61. The van der Waals surface area contributed by atoms with Crippen molar-refractivity contribution in [3.05, 3.63) is 65.2 Å². The fraction of sp³-hybridized carbons (Fsp3) is 0.167. The van der Waals surface area contributed by atoms with Crippen LogP contribution in [-0.2, 0) is 16.3 Å². The summed E-state index contributed by atoms with van der Waals surface area (Å²) in [7, 11) is -1.43. The van der Waals surface area contributed by atoms with Gasteiger partial charge in [-0.15, -0.1) is 0 Å². The molecule has 2 aromatic heterocycles. The summed E-state index contributed by atoms with van der Waals surface area (Å²) in [6.07, 6.45) is 7.02. The van der Waals surface area contributed by atoms with Gasteiger partial charge in [0.25, 0.3) is 0 Å². The first kappa shape index (κ1) is 19.2. The standard InChI is InChI=1S/C18H19BrN4O3S/c1-20-18-16(19)12-21-23(18)17(10-7-14-4-3-11-26-14)22-13-5-8-15(9-6-13)27(2,24)25/h3-6,8-12,20,22H,7H2,1-2H3/b17-10-. The van der Waals surface area contributed by atoms with Gasteiger partial charge < -0.3 is 15.1 Å². The van der Waals surface area contributed by atoms with Crippen LogP contribution in [0.5, 0.6) is 0 Å². The van der Waals surface area contributed by atoms with Crippen molar-refractivity contribution in [1.82, 2.24) is 9.78 Å². The Balaban J connectivity index is 1.93. The zero-order valence-electron chi connectivity index (χ0n) is 14.8. The number of allylic oxidation sites excluding steroid dienone is 1. The molecule has 0 radical (unpaired) electrons. The van der Waals surface area contributed by atoms with Crippen molar-refractivity contribution in [2.24, 2.45) is 0 Å². The molecule has 7 nitrogen and oxygen atoms in total. The number of anilines is 2. The Bertz CT molecular complexity index is 1040. The van der Waals surface area contributed by atoms with Gasteiger partial charge in [0, 0.05) is 25.4 Å². The molecule has 3 aromatic rings. The summed E-state index contributed by atoms with van der Waals surface area (Å²) < 4.78 is 31.2. The van der Waals surface area contributed by atoms with Crippen molar-refractivity contribution < 1.29 is 12.8 Å². The third-order valence-corrected chi connectivity index (χ3v) is 5.53. The Labute approximate surface area is 166 Å². The molecule has 0 atom stereocenters. The third-order valence-electron chi connectivity index (χ3n) is 3.82. The van der Waals surface area contributed by atoms with E-state index in [0.29, 0.717) is 12.2 Å². The van der Waals surface area contributed by atoms with E-state index in [0.717, 1.165) is 21.7 Å². The average Bonchev–Trinajstić information content (AvgIpc) is 3.27. The molecular formula is C18H19BrN4O3S. The molecule has 27 heavy (non-hydrogen) atoms. The zero-order valence-corrected chi connectivity index (χ0v) is 17.2. The topological polar surface area (TPSA) is 89.2 Å². The molecule has 0 aliphatic rings. The van der Waals surface area contributed by atoms with Gasteiger partial charge in [-0.1, -0.05) is 0 Å². The van der Waals surface area contributed by atoms with E-state index in [4.69, 9.17) is 4.42 Å². The largest absolute Gasteiger partial charge is 0.469 e. The van der Waals surface area contributed by atoms with Crippen LogP contribution in [-0.4, -0.2) is 31.5 Å². The van der Waals surface area contributed by atoms with Crippen LogP contribution in [0, 0.1) is 0 Å². The molecule has 0 aliphatic carbocycles. The molecule has 142 valence electrons. The monoisotopic (exact) mass is 450 g/mol. The number of rotatable bonds is 7. The predicted octanol–water partition coefficient (Wildman–Crippen LogP) is 3.84. The van der Waals surface area contributed by atoms with E-state index in [2.05, 4.69) is 31.7 Å². The van der Waals surface area contributed by atoms with Gasteiger partial charge in [0.2, 0.25) is 0 Å². The summed E-state index contributed by atoms with van der Waals surface area (Å²) in [4.78, 5) is 0.270. The van der Waals surface area contributed by atoms with Gasteiger partial charge in [0.1, 0.15) is 17.4 Å². The van der Waals surface area contributed by atoms with E-state index >= 15 is 0 Å². The quantitative estimate of drug-likeness (QED) is 0.568. The van der Waals surface area contributed by atoms with Crippen LogP contribution in [0.25, 0.3) is 5.82 Å². The lowest BCUT2D eigenvalue weighted by molar-refractivity contribution is 0.523. The van der Waals surface area contributed by atoms with Crippen molar-refractivity contribution in [1.29, 1.82) is 0 Å². The summed E-state index contributed by atoms with van der Waals surface area (Å²) in [5.74, 6) is 2.30. The lowest BCUT2D eigenvalue weighted by Crippen LogP contribution is -2.12. The molecule has 9 heteroatoms. The smallest absolute Gasteiger partial charge is 0.175 e. The molecule has 0 aliphatic heterocycles. The minimum absolute atomic E-state index is 0.270. The highest BCUT2D eigenvalue weighted by molar-refractivity contribution is 9.10. The zero-order chi connectivity index (χ0) is 19.4. The fourth-order valence-electron chi connectivity index (χ4n) is 2.49. The molecule has 0 bridgehead atoms. The Kier molecular flexibility index (Phi) is 5.71. The van der Waals surface area contributed by atoms with Gasteiger partial charge in [-0.3, -0.25) is 0 Å². The van der Waals surface area contributed by atoms with Crippen LogP contribution in [0.4, 0.5) is 11.5 Å². The second kappa shape index (κ2) is 8.01. The molecule has 0 saturated heterocycles. The summed E-state index contributed by atoms with van der Waals surface area (Å²) in [6.45, 7) is 0.